The van der Waals surface area contributed by atoms with Crippen molar-refractivity contribution < 1.29 is 0 Å². The third-order valence-corrected chi connectivity index (χ3v) is 5.60. The zero-order valence-electron chi connectivity index (χ0n) is 16.4. The van der Waals surface area contributed by atoms with Crippen molar-refractivity contribution in [3.8, 4) is 23.0 Å². The molecule has 3 heterocycles. The smallest absolute Gasteiger partial charge is 0.154 e. The van der Waals surface area contributed by atoms with Crippen LogP contribution in [0.15, 0.2) is 55.0 Å². The van der Waals surface area contributed by atoms with Gasteiger partial charge in [-0.2, -0.15) is 10.4 Å². The van der Waals surface area contributed by atoms with E-state index in [9.17, 15) is 0 Å². The fourth-order valence-corrected chi connectivity index (χ4v) is 3.93. The van der Waals surface area contributed by atoms with Crippen molar-refractivity contribution in [2.75, 3.05) is 5.32 Å². The maximum Gasteiger partial charge on any atom is 0.154 e. The molecule has 1 aliphatic rings. The molecule has 0 saturated heterocycles. The molecule has 1 aliphatic carbocycles. The second-order valence-corrected chi connectivity index (χ2v) is 7.72. The Hall–Kier alpha value is -3.70. The Kier molecular flexibility index (Phi) is 4.65. The number of anilines is 1. The topological polar surface area (TPSA) is 110 Å². The van der Waals surface area contributed by atoms with Crippen LogP contribution < -0.4 is 11.1 Å². The molecule has 1 aromatic carbocycles. The molecule has 30 heavy (non-hydrogen) atoms. The monoisotopic (exact) mass is 398 g/mol. The molecule has 0 spiro atoms. The van der Waals surface area contributed by atoms with Gasteiger partial charge in [0.2, 0.25) is 0 Å². The van der Waals surface area contributed by atoms with Crippen molar-refractivity contribution in [3.05, 3.63) is 60.6 Å². The molecule has 150 valence electrons. The third kappa shape index (κ3) is 3.51. The first kappa shape index (κ1) is 18.3. The standard InChI is InChI=1S/C22H22N8/c23-11-15-2-1-3-19(10-15)29-14-16(12-26-29)20-13-25-22-9-8-21(28-30(20)22)27-18-6-4-17(24)5-7-18/h1-3,8-10,12-14,17-18H,4-7,24H2,(H,27,28). The Bertz CT molecular complexity index is 1220. The van der Waals surface area contributed by atoms with E-state index in [0.717, 1.165) is 54.1 Å². The summed E-state index contributed by atoms with van der Waals surface area (Å²) in [6, 6.07) is 14.2. The van der Waals surface area contributed by atoms with Gasteiger partial charge in [-0.05, 0) is 56.0 Å². The lowest BCUT2D eigenvalue weighted by molar-refractivity contribution is 0.410. The van der Waals surface area contributed by atoms with Gasteiger partial charge in [0.05, 0.1) is 35.4 Å². The van der Waals surface area contributed by atoms with E-state index < -0.39 is 0 Å². The Morgan fingerprint density at radius 1 is 1.10 bits per heavy atom. The third-order valence-electron chi connectivity index (χ3n) is 5.60. The average molecular weight is 398 g/mol. The Morgan fingerprint density at radius 3 is 2.80 bits per heavy atom. The van der Waals surface area contributed by atoms with Gasteiger partial charge >= 0.3 is 0 Å². The number of benzene rings is 1. The molecule has 3 aromatic heterocycles. The van der Waals surface area contributed by atoms with Gasteiger partial charge in [0.1, 0.15) is 5.82 Å². The lowest BCUT2D eigenvalue weighted by Gasteiger charge is -2.27. The molecule has 0 amide bonds. The minimum atomic E-state index is 0.323. The number of hydrogen-bond donors (Lipinski definition) is 2. The molecular formula is C22H22N8. The normalized spacial score (nSPS) is 18.9. The summed E-state index contributed by atoms with van der Waals surface area (Å²) in [5.74, 6) is 0.830. The largest absolute Gasteiger partial charge is 0.366 e. The van der Waals surface area contributed by atoms with Crippen molar-refractivity contribution in [1.29, 1.82) is 5.26 Å². The second-order valence-electron chi connectivity index (χ2n) is 7.72. The summed E-state index contributed by atoms with van der Waals surface area (Å²) in [5.41, 5.74) is 9.99. The number of imidazole rings is 1. The molecule has 8 heteroatoms. The summed E-state index contributed by atoms with van der Waals surface area (Å²) in [5, 5.41) is 21.9. The van der Waals surface area contributed by atoms with Crippen LogP contribution in [-0.2, 0) is 0 Å². The van der Waals surface area contributed by atoms with E-state index in [-0.39, 0.29) is 0 Å². The molecule has 0 bridgehead atoms. The molecule has 0 unspecified atom stereocenters. The van der Waals surface area contributed by atoms with Crippen LogP contribution in [0.4, 0.5) is 5.82 Å². The maximum atomic E-state index is 9.13. The fraction of sp³-hybridized carbons (Fsp3) is 0.273. The van der Waals surface area contributed by atoms with Crippen LogP contribution in [0, 0.1) is 11.3 Å². The SMILES string of the molecule is N#Cc1cccc(-n2cc(-c3cnc4ccc(NC5CCC(N)CC5)nn34)cn2)c1. The minimum Gasteiger partial charge on any atom is -0.366 e. The average Bonchev–Trinajstić information content (AvgIpc) is 3.42. The number of nitrogens with zero attached hydrogens (tertiary/aromatic N) is 6. The summed E-state index contributed by atoms with van der Waals surface area (Å²) in [7, 11) is 0. The number of aromatic nitrogens is 5. The summed E-state index contributed by atoms with van der Waals surface area (Å²) < 4.78 is 3.59. The molecular weight excluding hydrogens is 376 g/mol. The summed E-state index contributed by atoms with van der Waals surface area (Å²) in [6.07, 6.45) is 9.72. The molecule has 4 aromatic rings. The van der Waals surface area contributed by atoms with Gasteiger partial charge in [0, 0.05) is 23.8 Å². The molecule has 0 atom stereocenters. The summed E-state index contributed by atoms with van der Waals surface area (Å²) >= 11 is 0. The Labute approximate surface area is 174 Å². The van der Waals surface area contributed by atoms with Crippen LogP contribution in [0.2, 0.25) is 0 Å². The zero-order valence-corrected chi connectivity index (χ0v) is 16.4. The van der Waals surface area contributed by atoms with Gasteiger partial charge in [-0.15, -0.1) is 5.10 Å². The first-order chi connectivity index (χ1) is 14.7. The van der Waals surface area contributed by atoms with Gasteiger partial charge in [-0.3, -0.25) is 0 Å². The van der Waals surface area contributed by atoms with Crippen molar-refractivity contribution in [3.63, 3.8) is 0 Å². The number of rotatable bonds is 4. The zero-order chi connectivity index (χ0) is 20.5. The maximum absolute atomic E-state index is 9.13. The molecule has 8 nitrogen and oxygen atoms in total. The van der Waals surface area contributed by atoms with Crippen LogP contribution in [0.5, 0.6) is 0 Å². The number of nitriles is 1. The number of nitrogens with one attached hydrogen (secondary N) is 1. The lowest BCUT2D eigenvalue weighted by Crippen LogP contribution is -2.33. The highest BCUT2D eigenvalue weighted by Crippen LogP contribution is 2.24. The quantitative estimate of drug-likeness (QED) is 0.546. The highest BCUT2D eigenvalue weighted by Gasteiger charge is 2.19. The Balaban J connectivity index is 1.43. The van der Waals surface area contributed by atoms with E-state index in [1.54, 1.807) is 23.1 Å². The molecule has 3 N–H and O–H groups in total. The summed E-state index contributed by atoms with van der Waals surface area (Å²) in [4.78, 5) is 4.48. The van der Waals surface area contributed by atoms with E-state index in [2.05, 4.69) is 21.5 Å². The second kappa shape index (κ2) is 7.61. The number of fused-ring (bicyclic) bond motifs is 1. The predicted molar refractivity (Wildman–Crippen MR) is 114 cm³/mol. The van der Waals surface area contributed by atoms with Crippen LogP contribution in [-0.4, -0.2) is 36.5 Å². The molecule has 1 saturated carbocycles. The van der Waals surface area contributed by atoms with Gasteiger partial charge in [0.25, 0.3) is 0 Å². The summed E-state index contributed by atoms with van der Waals surface area (Å²) in [6.45, 7) is 0. The molecule has 0 aliphatic heterocycles. The fourth-order valence-electron chi connectivity index (χ4n) is 3.93. The van der Waals surface area contributed by atoms with Gasteiger partial charge < -0.3 is 11.1 Å². The van der Waals surface area contributed by atoms with Crippen LogP contribution in [0.1, 0.15) is 31.2 Å². The van der Waals surface area contributed by atoms with E-state index in [4.69, 9.17) is 16.1 Å². The van der Waals surface area contributed by atoms with E-state index in [0.29, 0.717) is 17.6 Å². The Morgan fingerprint density at radius 2 is 1.97 bits per heavy atom. The molecule has 5 rings (SSSR count). The van der Waals surface area contributed by atoms with Crippen molar-refractivity contribution >= 4 is 11.5 Å². The van der Waals surface area contributed by atoms with Crippen LogP contribution >= 0.6 is 0 Å². The number of hydrogen-bond acceptors (Lipinski definition) is 6. The first-order valence-electron chi connectivity index (χ1n) is 10.1. The predicted octanol–water partition coefficient (Wildman–Crippen LogP) is 3.14. The van der Waals surface area contributed by atoms with Crippen molar-refractivity contribution in [2.24, 2.45) is 5.73 Å². The van der Waals surface area contributed by atoms with Gasteiger partial charge in [0.15, 0.2) is 5.65 Å². The molecule has 1 fully saturated rings. The van der Waals surface area contributed by atoms with Gasteiger partial charge in [-0.25, -0.2) is 14.2 Å². The van der Waals surface area contributed by atoms with E-state index in [1.165, 1.54) is 0 Å². The van der Waals surface area contributed by atoms with Crippen molar-refractivity contribution in [2.45, 2.75) is 37.8 Å². The van der Waals surface area contributed by atoms with Gasteiger partial charge in [-0.1, -0.05) is 6.07 Å². The lowest BCUT2D eigenvalue weighted by atomic mass is 9.92. The highest BCUT2D eigenvalue weighted by molar-refractivity contribution is 5.63. The minimum absolute atomic E-state index is 0.323. The first-order valence-corrected chi connectivity index (χ1v) is 10.1. The van der Waals surface area contributed by atoms with E-state index >= 15 is 0 Å². The highest BCUT2D eigenvalue weighted by atomic mass is 15.3. The number of nitrogens with two attached hydrogens (primary N) is 1. The molecule has 0 radical (unpaired) electrons. The van der Waals surface area contributed by atoms with Crippen LogP contribution in [0.3, 0.4) is 0 Å². The van der Waals surface area contributed by atoms with Crippen molar-refractivity contribution in [1.82, 2.24) is 24.4 Å². The van der Waals surface area contributed by atoms with Crippen LogP contribution in [0.25, 0.3) is 22.6 Å². The van der Waals surface area contributed by atoms with E-state index in [1.807, 2.05) is 41.0 Å².